The van der Waals surface area contributed by atoms with E-state index in [9.17, 15) is 4.79 Å². The summed E-state index contributed by atoms with van der Waals surface area (Å²) < 4.78 is 5.10. The predicted molar refractivity (Wildman–Crippen MR) is 86.5 cm³/mol. The summed E-state index contributed by atoms with van der Waals surface area (Å²) in [6.45, 7) is 1.98. The lowest BCUT2D eigenvalue weighted by Gasteiger charge is -2.16. The molecule has 2 aromatic rings. The van der Waals surface area contributed by atoms with Crippen molar-refractivity contribution in [3.63, 3.8) is 0 Å². The van der Waals surface area contributed by atoms with Crippen molar-refractivity contribution >= 4 is 29.3 Å². The summed E-state index contributed by atoms with van der Waals surface area (Å²) in [4.78, 5) is 11.7. The van der Waals surface area contributed by atoms with Crippen molar-refractivity contribution in [3.8, 4) is 0 Å². The van der Waals surface area contributed by atoms with Crippen LogP contribution >= 0.6 is 12.2 Å². The SMILES string of the molecule is CC(NC(=S)NC(=O)C=Cc1ccco1)c1ccccc1. The van der Waals surface area contributed by atoms with Crippen molar-refractivity contribution in [2.45, 2.75) is 13.0 Å². The molecule has 1 atom stereocenters. The Kier molecular flexibility index (Phi) is 5.29. The minimum Gasteiger partial charge on any atom is -0.465 e. The average Bonchev–Trinajstić information content (AvgIpc) is 2.99. The molecule has 1 aromatic heterocycles. The fourth-order valence-corrected chi connectivity index (χ4v) is 2.03. The number of amides is 1. The first-order valence-corrected chi connectivity index (χ1v) is 6.94. The summed E-state index contributed by atoms with van der Waals surface area (Å²) in [7, 11) is 0. The molecule has 0 radical (unpaired) electrons. The molecule has 1 aromatic carbocycles. The highest BCUT2D eigenvalue weighted by Gasteiger charge is 2.07. The van der Waals surface area contributed by atoms with Crippen LogP contribution in [0.5, 0.6) is 0 Å². The summed E-state index contributed by atoms with van der Waals surface area (Å²) in [5.74, 6) is 0.311. The molecule has 0 fully saturated rings. The zero-order valence-electron chi connectivity index (χ0n) is 11.6. The van der Waals surface area contributed by atoms with Crippen molar-refractivity contribution < 1.29 is 9.21 Å². The van der Waals surface area contributed by atoms with Crippen LogP contribution in [0.1, 0.15) is 24.3 Å². The van der Waals surface area contributed by atoms with Crippen molar-refractivity contribution in [2.75, 3.05) is 0 Å². The van der Waals surface area contributed by atoms with Gasteiger partial charge in [0.1, 0.15) is 5.76 Å². The van der Waals surface area contributed by atoms with Crippen LogP contribution in [0, 0.1) is 0 Å². The lowest BCUT2D eigenvalue weighted by atomic mass is 10.1. The van der Waals surface area contributed by atoms with Crippen LogP contribution in [-0.2, 0) is 4.79 Å². The standard InChI is InChI=1S/C16H16N2O2S/c1-12(13-6-3-2-4-7-13)17-16(21)18-15(19)10-9-14-8-5-11-20-14/h2-12H,1H3,(H2,17,18,19,21). The van der Waals surface area contributed by atoms with E-state index in [-0.39, 0.29) is 11.9 Å². The lowest BCUT2D eigenvalue weighted by Crippen LogP contribution is -2.39. The van der Waals surface area contributed by atoms with Gasteiger partial charge in [-0.05, 0) is 42.9 Å². The highest BCUT2D eigenvalue weighted by Crippen LogP contribution is 2.10. The summed E-state index contributed by atoms with van der Waals surface area (Å²) in [6, 6.07) is 13.4. The smallest absolute Gasteiger partial charge is 0.250 e. The summed E-state index contributed by atoms with van der Waals surface area (Å²) in [6.07, 6.45) is 4.50. The zero-order chi connectivity index (χ0) is 15.1. The van der Waals surface area contributed by atoms with Crippen molar-refractivity contribution in [1.29, 1.82) is 0 Å². The van der Waals surface area contributed by atoms with Crippen molar-refractivity contribution in [2.24, 2.45) is 0 Å². The van der Waals surface area contributed by atoms with Crippen LogP contribution in [0.25, 0.3) is 6.08 Å². The monoisotopic (exact) mass is 300 g/mol. The van der Waals surface area contributed by atoms with Gasteiger partial charge < -0.3 is 9.73 Å². The van der Waals surface area contributed by atoms with E-state index in [1.807, 2.05) is 37.3 Å². The Morgan fingerprint density at radius 1 is 1.24 bits per heavy atom. The van der Waals surface area contributed by atoms with Crippen LogP contribution < -0.4 is 10.6 Å². The molecule has 1 unspecified atom stereocenters. The van der Waals surface area contributed by atoms with Gasteiger partial charge in [0.25, 0.3) is 0 Å². The fourth-order valence-electron chi connectivity index (χ4n) is 1.76. The Labute approximate surface area is 128 Å². The predicted octanol–water partition coefficient (Wildman–Crippen LogP) is 3.04. The Morgan fingerprint density at radius 2 is 2.00 bits per heavy atom. The molecule has 0 aliphatic heterocycles. The molecule has 2 N–H and O–H groups in total. The molecule has 4 nitrogen and oxygen atoms in total. The van der Waals surface area contributed by atoms with Gasteiger partial charge in [0.15, 0.2) is 5.11 Å². The van der Waals surface area contributed by atoms with Crippen LogP contribution in [0.4, 0.5) is 0 Å². The average molecular weight is 300 g/mol. The Bertz CT molecular complexity index is 621. The summed E-state index contributed by atoms with van der Waals surface area (Å²) in [5, 5.41) is 5.95. The number of carbonyl (C=O) groups is 1. The maximum absolute atomic E-state index is 11.7. The molecule has 5 heteroatoms. The molecular formula is C16H16N2O2S. The van der Waals surface area contributed by atoms with E-state index in [1.54, 1.807) is 24.5 Å². The van der Waals surface area contributed by atoms with Gasteiger partial charge in [-0.2, -0.15) is 0 Å². The van der Waals surface area contributed by atoms with Crippen LogP contribution in [-0.4, -0.2) is 11.0 Å². The van der Waals surface area contributed by atoms with E-state index in [1.165, 1.54) is 6.08 Å². The highest BCUT2D eigenvalue weighted by atomic mass is 32.1. The molecule has 0 aliphatic rings. The van der Waals surface area contributed by atoms with Gasteiger partial charge in [0, 0.05) is 6.08 Å². The maximum Gasteiger partial charge on any atom is 0.250 e. The molecule has 0 aliphatic carbocycles. The van der Waals surface area contributed by atoms with E-state index in [2.05, 4.69) is 10.6 Å². The topological polar surface area (TPSA) is 54.3 Å². The minimum absolute atomic E-state index is 0.0213. The third kappa shape index (κ3) is 4.89. The van der Waals surface area contributed by atoms with E-state index in [4.69, 9.17) is 16.6 Å². The van der Waals surface area contributed by atoms with E-state index in [0.29, 0.717) is 10.9 Å². The van der Waals surface area contributed by atoms with Gasteiger partial charge in [-0.25, -0.2) is 0 Å². The van der Waals surface area contributed by atoms with Gasteiger partial charge in [0.05, 0.1) is 12.3 Å². The van der Waals surface area contributed by atoms with Crippen LogP contribution in [0.2, 0.25) is 0 Å². The molecule has 1 heterocycles. The normalized spacial score (nSPS) is 12.0. The fraction of sp³-hybridized carbons (Fsp3) is 0.125. The second-order valence-corrected chi connectivity index (χ2v) is 4.85. The first-order chi connectivity index (χ1) is 10.1. The minimum atomic E-state index is -0.302. The van der Waals surface area contributed by atoms with Crippen molar-refractivity contribution in [1.82, 2.24) is 10.6 Å². The number of hydrogen-bond donors (Lipinski definition) is 2. The van der Waals surface area contributed by atoms with Crippen molar-refractivity contribution in [3.05, 3.63) is 66.1 Å². The molecule has 1 amide bonds. The first-order valence-electron chi connectivity index (χ1n) is 6.53. The number of nitrogens with one attached hydrogen (secondary N) is 2. The van der Waals surface area contributed by atoms with Gasteiger partial charge in [-0.3, -0.25) is 10.1 Å². The third-order valence-electron chi connectivity index (χ3n) is 2.83. The molecule has 0 bridgehead atoms. The van der Waals surface area contributed by atoms with Crippen LogP contribution in [0.3, 0.4) is 0 Å². The van der Waals surface area contributed by atoms with Crippen LogP contribution in [0.15, 0.2) is 59.2 Å². The Balaban J connectivity index is 1.83. The molecular weight excluding hydrogens is 284 g/mol. The molecule has 21 heavy (non-hydrogen) atoms. The number of furan rings is 1. The molecule has 108 valence electrons. The number of rotatable bonds is 4. The van der Waals surface area contributed by atoms with E-state index in [0.717, 1.165) is 5.56 Å². The second kappa shape index (κ2) is 7.40. The number of hydrogen-bond acceptors (Lipinski definition) is 3. The van der Waals surface area contributed by atoms with Gasteiger partial charge >= 0.3 is 0 Å². The first kappa shape index (κ1) is 15.0. The largest absolute Gasteiger partial charge is 0.465 e. The van der Waals surface area contributed by atoms with Gasteiger partial charge in [-0.1, -0.05) is 30.3 Å². The molecule has 0 saturated heterocycles. The maximum atomic E-state index is 11.7. The molecule has 0 saturated carbocycles. The number of thiocarbonyl (C=S) groups is 1. The molecule has 2 rings (SSSR count). The number of carbonyl (C=O) groups excluding carboxylic acids is 1. The Hall–Kier alpha value is -2.40. The second-order valence-electron chi connectivity index (χ2n) is 4.44. The zero-order valence-corrected chi connectivity index (χ0v) is 12.4. The molecule has 0 spiro atoms. The van der Waals surface area contributed by atoms with Gasteiger partial charge in [-0.15, -0.1) is 0 Å². The lowest BCUT2D eigenvalue weighted by molar-refractivity contribution is -0.115. The van der Waals surface area contributed by atoms with E-state index >= 15 is 0 Å². The highest BCUT2D eigenvalue weighted by molar-refractivity contribution is 7.80. The summed E-state index contributed by atoms with van der Waals surface area (Å²) in [5.41, 5.74) is 1.10. The Morgan fingerprint density at radius 3 is 2.67 bits per heavy atom. The third-order valence-corrected chi connectivity index (χ3v) is 3.05. The number of benzene rings is 1. The van der Waals surface area contributed by atoms with E-state index < -0.39 is 0 Å². The quantitative estimate of drug-likeness (QED) is 0.673. The summed E-state index contributed by atoms with van der Waals surface area (Å²) >= 11 is 5.12. The van der Waals surface area contributed by atoms with Gasteiger partial charge in [0.2, 0.25) is 5.91 Å².